The standard InChI is InChI=1S/C19H23NO4/c1-4-20(5-2)14-8-9-16-12(10-14)6-7-13-11-15(21)19(23-3)17(22)18(13)24-16/h8-11,21-22H,4-7H2,1-3H3. The van der Waals surface area contributed by atoms with Crippen LogP contribution >= 0.6 is 0 Å². The highest BCUT2D eigenvalue weighted by Crippen LogP contribution is 2.49. The van der Waals surface area contributed by atoms with E-state index in [0.29, 0.717) is 12.2 Å². The lowest BCUT2D eigenvalue weighted by Crippen LogP contribution is -2.21. The van der Waals surface area contributed by atoms with Crippen LogP contribution in [-0.2, 0) is 12.8 Å². The largest absolute Gasteiger partial charge is 0.504 e. The maximum Gasteiger partial charge on any atom is 0.206 e. The smallest absolute Gasteiger partial charge is 0.206 e. The van der Waals surface area contributed by atoms with Gasteiger partial charge in [-0.2, -0.15) is 0 Å². The molecule has 5 heteroatoms. The first-order valence-corrected chi connectivity index (χ1v) is 8.26. The molecule has 1 aliphatic rings. The van der Waals surface area contributed by atoms with Gasteiger partial charge in [0.25, 0.3) is 0 Å². The minimum atomic E-state index is -0.159. The van der Waals surface area contributed by atoms with Crippen molar-refractivity contribution in [1.29, 1.82) is 0 Å². The Kier molecular flexibility index (Phi) is 4.42. The molecule has 0 saturated carbocycles. The Bertz CT molecular complexity index is 754. The van der Waals surface area contributed by atoms with Crippen molar-refractivity contribution in [3.05, 3.63) is 35.4 Å². The summed E-state index contributed by atoms with van der Waals surface area (Å²) in [7, 11) is 1.40. The zero-order valence-corrected chi connectivity index (χ0v) is 14.3. The number of ether oxygens (including phenoxy) is 2. The van der Waals surface area contributed by atoms with Crippen LogP contribution in [0.4, 0.5) is 5.69 Å². The number of phenols is 2. The van der Waals surface area contributed by atoms with Crippen LogP contribution in [0.3, 0.4) is 0 Å². The monoisotopic (exact) mass is 329 g/mol. The van der Waals surface area contributed by atoms with Crippen molar-refractivity contribution in [3.63, 3.8) is 0 Å². The van der Waals surface area contributed by atoms with Gasteiger partial charge in [-0.25, -0.2) is 0 Å². The SMILES string of the molecule is CCN(CC)c1ccc2c(c1)CCc1cc(O)c(OC)c(O)c1O2. The van der Waals surface area contributed by atoms with Crippen molar-refractivity contribution in [2.45, 2.75) is 26.7 Å². The Hall–Kier alpha value is -2.56. The van der Waals surface area contributed by atoms with Crippen molar-refractivity contribution in [2.24, 2.45) is 0 Å². The second-order valence-corrected chi connectivity index (χ2v) is 5.83. The van der Waals surface area contributed by atoms with Crippen LogP contribution in [-0.4, -0.2) is 30.4 Å². The molecule has 0 atom stereocenters. The number of aromatic hydroxyl groups is 2. The maximum atomic E-state index is 10.4. The number of benzene rings is 2. The normalized spacial score (nSPS) is 12.6. The summed E-state index contributed by atoms with van der Waals surface area (Å²) < 4.78 is 11.0. The minimum Gasteiger partial charge on any atom is -0.504 e. The van der Waals surface area contributed by atoms with E-state index < -0.39 is 0 Å². The molecule has 0 spiro atoms. The Balaban J connectivity index is 2.02. The summed E-state index contributed by atoms with van der Waals surface area (Å²) in [6.45, 7) is 6.16. The van der Waals surface area contributed by atoms with Crippen LogP contribution in [0, 0.1) is 0 Å². The molecule has 3 rings (SSSR count). The third kappa shape index (κ3) is 2.70. The highest BCUT2D eigenvalue weighted by molar-refractivity contribution is 5.64. The van der Waals surface area contributed by atoms with E-state index in [9.17, 15) is 10.2 Å². The van der Waals surface area contributed by atoms with E-state index in [4.69, 9.17) is 9.47 Å². The molecule has 0 saturated heterocycles. The lowest BCUT2D eigenvalue weighted by atomic mass is 10.0. The molecule has 0 aliphatic carbocycles. The van der Waals surface area contributed by atoms with E-state index in [-0.39, 0.29) is 17.2 Å². The molecule has 0 aromatic heterocycles. The van der Waals surface area contributed by atoms with Gasteiger partial charge in [0, 0.05) is 24.3 Å². The number of methoxy groups -OCH3 is 1. The van der Waals surface area contributed by atoms with Gasteiger partial charge in [-0.1, -0.05) is 0 Å². The molecule has 1 aliphatic heterocycles. The molecule has 128 valence electrons. The fourth-order valence-corrected chi connectivity index (χ4v) is 3.20. The molecule has 24 heavy (non-hydrogen) atoms. The molecular formula is C19H23NO4. The van der Waals surface area contributed by atoms with E-state index in [1.807, 2.05) is 12.1 Å². The highest BCUT2D eigenvalue weighted by atomic mass is 16.5. The number of anilines is 1. The molecule has 5 nitrogen and oxygen atoms in total. The second-order valence-electron chi connectivity index (χ2n) is 5.83. The number of hydrogen-bond acceptors (Lipinski definition) is 5. The molecule has 2 aromatic rings. The summed E-state index contributed by atoms with van der Waals surface area (Å²) in [6.07, 6.45) is 1.46. The van der Waals surface area contributed by atoms with Crippen molar-refractivity contribution < 1.29 is 19.7 Å². The number of aryl methyl sites for hydroxylation is 2. The van der Waals surface area contributed by atoms with E-state index >= 15 is 0 Å². The number of nitrogens with zero attached hydrogens (tertiary/aromatic N) is 1. The molecule has 0 unspecified atom stereocenters. The maximum absolute atomic E-state index is 10.4. The minimum absolute atomic E-state index is 0.0389. The molecule has 0 radical (unpaired) electrons. The fourth-order valence-electron chi connectivity index (χ4n) is 3.20. The summed E-state index contributed by atoms with van der Waals surface area (Å²) in [5, 5.41) is 20.4. The van der Waals surface area contributed by atoms with E-state index in [1.54, 1.807) is 6.07 Å². The van der Waals surface area contributed by atoms with Gasteiger partial charge in [-0.15, -0.1) is 0 Å². The van der Waals surface area contributed by atoms with E-state index in [1.165, 1.54) is 7.11 Å². The average Bonchev–Trinajstić information content (AvgIpc) is 2.76. The van der Waals surface area contributed by atoms with Crippen molar-refractivity contribution in [3.8, 4) is 28.7 Å². The third-order valence-electron chi connectivity index (χ3n) is 4.52. The number of phenolic OH excluding ortho intramolecular Hbond substituents is 2. The van der Waals surface area contributed by atoms with Crippen LogP contribution in [0.5, 0.6) is 28.7 Å². The lowest BCUT2D eigenvalue weighted by Gasteiger charge is -2.22. The van der Waals surface area contributed by atoms with Crippen molar-refractivity contribution in [2.75, 3.05) is 25.1 Å². The fraction of sp³-hybridized carbons (Fsp3) is 0.368. The average molecular weight is 329 g/mol. The molecule has 0 fully saturated rings. The topological polar surface area (TPSA) is 62.2 Å². The van der Waals surface area contributed by atoms with Crippen LogP contribution in [0.25, 0.3) is 0 Å². The zero-order valence-electron chi connectivity index (χ0n) is 14.3. The molecule has 0 amide bonds. The van der Waals surface area contributed by atoms with Gasteiger partial charge >= 0.3 is 0 Å². The number of rotatable bonds is 4. The molecular weight excluding hydrogens is 306 g/mol. The Morgan fingerprint density at radius 3 is 2.46 bits per heavy atom. The van der Waals surface area contributed by atoms with Crippen molar-refractivity contribution >= 4 is 5.69 Å². The molecule has 2 N–H and O–H groups in total. The van der Waals surface area contributed by atoms with E-state index in [2.05, 4.69) is 24.8 Å². The summed E-state index contributed by atoms with van der Waals surface area (Å²) in [5.74, 6) is 0.893. The van der Waals surface area contributed by atoms with Crippen LogP contribution in [0.1, 0.15) is 25.0 Å². The first kappa shape index (κ1) is 16.3. The molecule has 1 heterocycles. The van der Waals surface area contributed by atoms with E-state index in [0.717, 1.165) is 42.1 Å². The van der Waals surface area contributed by atoms with Crippen molar-refractivity contribution in [1.82, 2.24) is 0 Å². The third-order valence-corrected chi connectivity index (χ3v) is 4.52. The molecule has 0 bridgehead atoms. The first-order valence-electron chi connectivity index (χ1n) is 8.26. The lowest BCUT2D eigenvalue weighted by molar-refractivity contribution is 0.331. The predicted octanol–water partition coefficient (Wildman–Crippen LogP) is 3.84. The highest BCUT2D eigenvalue weighted by Gasteiger charge is 2.24. The van der Waals surface area contributed by atoms with Gasteiger partial charge in [-0.3, -0.25) is 0 Å². The Morgan fingerprint density at radius 2 is 1.79 bits per heavy atom. The van der Waals surface area contributed by atoms with Gasteiger partial charge in [0.15, 0.2) is 11.5 Å². The zero-order chi connectivity index (χ0) is 17.3. The van der Waals surface area contributed by atoms with Crippen LogP contribution < -0.4 is 14.4 Å². The van der Waals surface area contributed by atoms with Crippen LogP contribution in [0.2, 0.25) is 0 Å². The van der Waals surface area contributed by atoms with Gasteiger partial charge in [0.1, 0.15) is 5.75 Å². The summed E-state index contributed by atoms with van der Waals surface area (Å²) >= 11 is 0. The Morgan fingerprint density at radius 1 is 1.08 bits per heavy atom. The van der Waals surface area contributed by atoms with Gasteiger partial charge in [0.2, 0.25) is 11.5 Å². The molecule has 2 aromatic carbocycles. The number of hydrogen-bond donors (Lipinski definition) is 2. The number of fused-ring (bicyclic) bond motifs is 2. The second kappa shape index (κ2) is 6.51. The quantitative estimate of drug-likeness (QED) is 0.892. The van der Waals surface area contributed by atoms with Crippen LogP contribution in [0.15, 0.2) is 24.3 Å². The van der Waals surface area contributed by atoms with Gasteiger partial charge in [0.05, 0.1) is 7.11 Å². The Labute approximate surface area is 142 Å². The predicted molar refractivity (Wildman–Crippen MR) is 93.8 cm³/mol. The van der Waals surface area contributed by atoms with Gasteiger partial charge in [-0.05, 0) is 56.5 Å². The summed E-state index contributed by atoms with van der Waals surface area (Å²) in [5.41, 5.74) is 3.03. The summed E-state index contributed by atoms with van der Waals surface area (Å²) in [4.78, 5) is 2.28. The van der Waals surface area contributed by atoms with Gasteiger partial charge < -0.3 is 24.6 Å². The first-order chi connectivity index (χ1) is 11.6. The summed E-state index contributed by atoms with van der Waals surface area (Å²) in [6, 6.07) is 7.72.